The van der Waals surface area contributed by atoms with Gasteiger partial charge in [0.15, 0.2) is 5.82 Å². The molecule has 3 atom stereocenters. The maximum atomic E-state index is 13.8. The molecule has 1 amide bonds. The molecule has 27 heavy (non-hydrogen) atoms. The third-order valence-electron chi connectivity index (χ3n) is 6.31. The molecule has 1 N–H and O–H groups in total. The molecule has 6 nitrogen and oxygen atoms in total. The third kappa shape index (κ3) is 2.63. The van der Waals surface area contributed by atoms with Crippen molar-refractivity contribution in [1.82, 2.24) is 20.1 Å². The van der Waals surface area contributed by atoms with Crippen molar-refractivity contribution in [3.05, 3.63) is 41.2 Å². The van der Waals surface area contributed by atoms with E-state index in [1.165, 1.54) is 12.1 Å². The molecule has 0 radical (unpaired) electrons. The summed E-state index contributed by atoms with van der Waals surface area (Å²) < 4.78 is 21.6. The maximum Gasteiger partial charge on any atom is 0.224 e. The van der Waals surface area contributed by atoms with Gasteiger partial charge in [0.1, 0.15) is 17.4 Å². The van der Waals surface area contributed by atoms with E-state index in [2.05, 4.69) is 20.1 Å². The van der Waals surface area contributed by atoms with Crippen molar-refractivity contribution in [3.63, 3.8) is 0 Å². The predicted molar refractivity (Wildman–Crippen MR) is 95.8 cm³/mol. The van der Waals surface area contributed by atoms with E-state index in [1.54, 1.807) is 6.07 Å². The summed E-state index contributed by atoms with van der Waals surface area (Å²) in [6, 6.07) is 4.41. The number of carbonyl (C=O) groups is 1. The largest absolute Gasteiger partial charge is 0.493 e. The molecule has 2 aliphatic heterocycles. The maximum absolute atomic E-state index is 13.8. The van der Waals surface area contributed by atoms with E-state index in [0.717, 1.165) is 55.9 Å². The van der Waals surface area contributed by atoms with E-state index in [9.17, 15) is 9.18 Å². The van der Waals surface area contributed by atoms with Crippen LogP contribution in [0.25, 0.3) is 0 Å². The Morgan fingerprint density at radius 1 is 1.41 bits per heavy atom. The minimum Gasteiger partial charge on any atom is -0.493 e. The van der Waals surface area contributed by atoms with E-state index < -0.39 is 0 Å². The summed E-state index contributed by atoms with van der Waals surface area (Å²) in [5.74, 6) is 2.12. The number of benzene rings is 1. The number of ether oxygens (including phenoxy) is 1. The van der Waals surface area contributed by atoms with E-state index in [4.69, 9.17) is 4.74 Å². The Morgan fingerprint density at radius 3 is 3.19 bits per heavy atom. The molecule has 1 fully saturated rings. The van der Waals surface area contributed by atoms with Gasteiger partial charge in [0.2, 0.25) is 5.91 Å². The Balaban J connectivity index is 1.34. The van der Waals surface area contributed by atoms with Crippen LogP contribution in [0.2, 0.25) is 0 Å². The van der Waals surface area contributed by atoms with Crippen LogP contribution in [0.5, 0.6) is 5.75 Å². The molecule has 1 aromatic carbocycles. The van der Waals surface area contributed by atoms with Gasteiger partial charge in [0.05, 0.1) is 12.6 Å². The number of rotatable bonds is 3. The van der Waals surface area contributed by atoms with Crippen molar-refractivity contribution < 1.29 is 13.9 Å². The van der Waals surface area contributed by atoms with Crippen molar-refractivity contribution in [3.8, 4) is 5.75 Å². The lowest BCUT2D eigenvalue weighted by atomic mass is 9.87. The topological polar surface area (TPSA) is 69.0 Å². The van der Waals surface area contributed by atoms with Crippen LogP contribution < -0.4 is 10.1 Å². The van der Waals surface area contributed by atoms with Crippen LogP contribution in [-0.2, 0) is 23.2 Å². The van der Waals surface area contributed by atoms with E-state index in [0.29, 0.717) is 12.4 Å². The van der Waals surface area contributed by atoms with Gasteiger partial charge in [-0.15, -0.1) is 10.2 Å². The van der Waals surface area contributed by atoms with Crippen LogP contribution in [0, 0.1) is 11.7 Å². The fourth-order valence-electron chi connectivity index (χ4n) is 4.75. The SMILES string of the molecule is C[C@@H](NC(=O)[C@H]1C[C@@]12CCOc1ccc(F)cc12)c1nnc2n1CCCC2. The summed E-state index contributed by atoms with van der Waals surface area (Å²) in [4.78, 5) is 12.9. The molecule has 5 rings (SSSR count). The number of carbonyl (C=O) groups excluding carboxylic acids is 1. The molecule has 2 aromatic rings. The zero-order chi connectivity index (χ0) is 18.6. The molecule has 1 spiro atoms. The minimum atomic E-state index is -0.288. The van der Waals surface area contributed by atoms with Crippen molar-refractivity contribution >= 4 is 5.91 Å². The molecule has 3 aliphatic rings. The summed E-state index contributed by atoms with van der Waals surface area (Å²) in [5.41, 5.74) is 0.547. The standard InChI is InChI=1S/C20H23FN4O2/c1-12(18-24-23-17-4-2-3-8-25(17)18)22-19(26)15-11-20(15)7-9-27-16-6-5-13(21)10-14(16)20/h5-6,10,12,15H,2-4,7-9,11H2,1H3,(H,22,26)/t12-,15-,20-/m1/s1. The Labute approximate surface area is 157 Å². The second-order valence-electron chi connectivity index (χ2n) is 7.97. The first-order chi connectivity index (χ1) is 13.1. The van der Waals surface area contributed by atoms with Crippen molar-refractivity contribution in [2.75, 3.05) is 6.61 Å². The number of fused-ring (bicyclic) bond motifs is 3. The van der Waals surface area contributed by atoms with Gasteiger partial charge < -0.3 is 14.6 Å². The molecular formula is C20H23FN4O2. The highest BCUT2D eigenvalue weighted by Crippen LogP contribution is 2.60. The van der Waals surface area contributed by atoms with Crippen LogP contribution in [-0.4, -0.2) is 27.3 Å². The third-order valence-corrected chi connectivity index (χ3v) is 6.31. The van der Waals surface area contributed by atoms with E-state index in [1.807, 2.05) is 6.92 Å². The molecule has 0 bridgehead atoms. The Morgan fingerprint density at radius 2 is 2.30 bits per heavy atom. The molecule has 7 heteroatoms. The minimum absolute atomic E-state index is 0.00720. The average molecular weight is 370 g/mol. The van der Waals surface area contributed by atoms with Crippen LogP contribution in [0.1, 0.15) is 55.9 Å². The number of amides is 1. The summed E-state index contributed by atoms with van der Waals surface area (Å²) >= 11 is 0. The van der Waals surface area contributed by atoms with Gasteiger partial charge in [-0.1, -0.05) is 0 Å². The van der Waals surface area contributed by atoms with Crippen molar-refractivity contribution in [1.29, 1.82) is 0 Å². The van der Waals surface area contributed by atoms with Crippen molar-refractivity contribution in [2.45, 2.75) is 57.0 Å². The monoisotopic (exact) mass is 370 g/mol. The Hall–Kier alpha value is -2.44. The summed E-state index contributed by atoms with van der Waals surface area (Å²) in [6.45, 7) is 3.43. The fraction of sp³-hybridized carbons (Fsp3) is 0.550. The number of aryl methyl sites for hydroxylation is 1. The Kier molecular flexibility index (Phi) is 3.74. The normalized spacial score (nSPS) is 26.7. The van der Waals surface area contributed by atoms with Crippen LogP contribution in [0.3, 0.4) is 0 Å². The van der Waals surface area contributed by atoms with E-state index in [-0.39, 0.29) is 29.1 Å². The van der Waals surface area contributed by atoms with E-state index >= 15 is 0 Å². The second kappa shape index (κ2) is 6.04. The molecular weight excluding hydrogens is 347 g/mol. The van der Waals surface area contributed by atoms with Gasteiger partial charge in [0.25, 0.3) is 0 Å². The highest BCUT2D eigenvalue weighted by molar-refractivity contribution is 5.85. The number of hydrogen-bond acceptors (Lipinski definition) is 4. The summed E-state index contributed by atoms with van der Waals surface area (Å²) in [7, 11) is 0. The molecule has 142 valence electrons. The molecule has 1 saturated carbocycles. The first-order valence-electron chi connectivity index (χ1n) is 9.74. The lowest BCUT2D eigenvalue weighted by Crippen LogP contribution is -2.34. The van der Waals surface area contributed by atoms with Gasteiger partial charge in [-0.2, -0.15) is 0 Å². The van der Waals surface area contributed by atoms with Gasteiger partial charge >= 0.3 is 0 Å². The van der Waals surface area contributed by atoms with Gasteiger partial charge in [0, 0.05) is 29.9 Å². The van der Waals surface area contributed by atoms with Crippen molar-refractivity contribution in [2.24, 2.45) is 5.92 Å². The highest BCUT2D eigenvalue weighted by atomic mass is 19.1. The Bertz CT molecular complexity index is 911. The lowest BCUT2D eigenvalue weighted by Gasteiger charge is -2.27. The zero-order valence-electron chi connectivity index (χ0n) is 15.4. The number of aromatic nitrogens is 3. The zero-order valence-corrected chi connectivity index (χ0v) is 15.4. The first-order valence-corrected chi connectivity index (χ1v) is 9.74. The van der Waals surface area contributed by atoms with Gasteiger partial charge in [-0.05, 0) is 50.8 Å². The molecule has 0 saturated heterocycles. The van der Waals surface area contributed by atoms with Crippen LogP contribution in [0.15, 0.2) is 18.2 Å². The number of halogens is 1. The summed E-state index contributed by atoms with van der Waals surface area (Å²) in [5, 5.41) is 11.7. The smallest absolute Gasteiger partial charge is 0.224 e. The molecule has 1 aliphatic carbocycles. The average Bonchev–Trinajstić information content (AvgIpc) is 3.21. The lowest BCUT2D eigenvalue weighted by molar-refractivity contribution is -0.123. The second-order valence-corrected chi connectivity index (χ2v) is 7.97. The fourth-order valence-corrected chi connectivity index (χ4v) is 4.75. The highest BCUT2D eigenvalue weighted by Gasteiger charge is 2.61. The summed E-state index contributed by atoms with van der Waals surface area (Å²) in [6.07, 6.45) is 4.69. The van der Waals surface area contributed by atoms with Crippen LogP contribution >= 0.6 is 0 Å². The number of nitrogens with one attached hydrogen (secondary N) is 1. The first kappa shape index (κ1) is 16.7. The van der Waals surface area contributed by atoms with Crippen LogP contribution in [0.4, 0.5) is 4.39 Å². The number of hydrogen-bond donors (Lipinski definition) is 1. The number of nitrogens with zero attached hydrogens (tertiary/aromatic N) is 3. The predicted octanol–water partition coefficient (Wildman–Crippen LogP) is 2.67. The molecule has 0 unspecified atom stereocenters. The molecule has 1 aromatic heterocycles. The quantitative estimate of drug-likeness (QED) is 0.902. The molecule has 3 heterocycles. The van der Waals surface area contributed by atoms with Gasteiger partial charge in [-0.25, -0.2) is 4.39 Å². The van der Waals surface area contributed by atoms with Gasteiger partial charge in [-0.3, -0.25) is 4.79 Å².